The van der Waals surface area contributed by atoms with Gasteiger partial charge in [-0.2, -0.15) is 0 Å². The Kier molecular flexibility index (Phi) is 5.91. The molecule has 0 spiro atoms. The van der Waals surface area contributed by atoms with Gasteiger partial charge in [-0.1, -0.05) is 37.3 Å². The molecule has 1 heterocycles. The second-order valence-corrected chi connectivity index (χ2v) is 6.02. The summed E-state index contributed by atoms with van der Waals surface area (Å²) in [5, 5.41) is 18.2. The molecule has 2 amide bonds. The lowest BCUT2D eigenvalue weighted by Crippen LogP contribution is -2.37. The van der Waals surface area contributed by atoms with Crippen molar-refractivity contribution in [2.45, 2.75) is 38.8 Å². The van der Waals surface area contributed by atoms with Crippen LogP contribution < -0.4 is 10.6 Å². The topological polar surface area (TPSA) is 74.2 Å². The molecule has 0 radical (unpaired) electrons. The van der Waals surface area contributed by atoms with E-state index in [0.717, 1.165) is 17.7 Å². The Morgan fingerprint density at radius 1 is 1.36 bits per heavy atom. The lowest BCUT2D eigenvalue weighted by molar-refractivity contribution is 0.155. The lowest BCUT2D eigenvalue weighted by Gasteiger charge is -2.18. The van der Waals surface area contributed by atoms with Gasteiger partial charge in [0.05, 0.1) is 11.8 Å². The highest BCUT2D eigenvalue weighted by molar-refractivity contribution is 7.13. The Labute approximate surface area is 134 Å². The molecule has 2 aromatic rings. The van der Waals surface area contributed by atoms with Crippen molar-refractivity contribution in [2.24, 2.45) is 0 Å². The van der Waals surface area contributed by atoms with Gasteiger partial charge in [0.25, 0.3) is 0 Å². The number of carbonyl (C=O) groups is 1. The molecule has 6 heteroatoms. The molecule has 0 aliphatic rings. The number of aryl methyl sites for hydroxylation is 1. The zero-order valence-electron chi connectivity index (χ0n) is 12.7. The minimum Gasteiger partial charge on any atom is -0.388 e. The van der Waals surface area contributed by atoms with Crippen molar-refractivity contribution in [3.8, 4) is 0 Å². The van der Waals surface area contributed by atoms with Crippen molar-refractivity contribution in [3.63, 3.8) is 0 Å². The van der Waals surface area contributed by atoms with Crippen molar-refractivity contribution >= 4 is 22.5 Å². The van der Waals surface area contributed by atoms with Gasteiger partial charge in [0.1, 0.15) is 0 Å². The summed E-state index contributed by atoms with van der Waals surface area (Å²) in [5.74, 6) is 0. The monoisotopic (exact) mass is 319 g/mol. The fraction of sp³-hybridized carbons (Fsp3) is 0.375. The summed E-state index contributed by atoms with van der Waals surface area (Å²) in [6.07, 6.45) is 0.706. The normalized spacial score (nSPS) is 13.4. The molecule has 0 fully saturated rings. The van der Waals surface area contributed by atoms with Crippen LogP contribution in [0.3, 0.4) is 0 Å². The first-order chi connectivity index (χ1) is 10.6. The van der Waals surface area contributed by atoms with Gasteiger partial charge in [-0.25, -0.2) is 9.78 Å². The third kappa shape index (κ3) is 4.82. The first kappa shape index (κ1) is 16.5. The molecule has 0 aliphatic carbocycles. The Morgan fingerprint density at radius 3 is 2.73 bits per heavy atom. The van der Waals surface area contributed by atoms with Crippen LogP contribution in [0.15, 0.2) is 35.7 Å². The van der Waals surface area contributed by atoms with E-state index in [-0.39, 0.29) is 12.1 Å². The number of amides is 2. The summed E-state index contributed by atoms with van der Waals surface area (Å²) >= 11 is 1.41. The number of benzene rings is 1. The fourth-order valence-electron chi connectivity index (χ4n) is 2.09. The number of nitrogens with one attached hydrogen (secondary N) is 2. The van der Waals surface area contributed by atoms with Gasteiger partial charge in [0, 0.05) is 11.4 Å². The van der Waals surface area contributed by atoms with E-state index in [0.29, 0.717) is 11.6 Å². The SMILES string of the molecule is CCc1csc(NC(=O)NC(C)CC(O)c2ccccc2)n1. The van der Waals surface area contributed by atoms with Gasteiger partial charge >= 0.3 is 6.03 Å². The van der Waals surface area contributed by atoms with Gasteiger partial charge in [-0.05, 0) is 25.3 Å². The van der Waals surface area contributed by atoms with Crippen LogP contribution in [0.1, 0.15) is 37.6 Å². The summed E-state index contributed by atoms with van der Waals surface area (Å²) < 4.78 is 0. The number of aliphatic hydroxyl groups is 1. The summed E-state index contributed by atoms with van der Waals surface area (Å²) in [7, 11) is 0. The molecule has 2 rings (SSSR count). The summed E-state index contributed by atoms with van der Waals surface area (Å²) in [6.45, 7) is 3.89. The number of thiazole rings is 1. The maximum Gasteiger partial charge on any atom is 0.321 e. The van der Waals surface area contributed by atoms with Crippen LogP contribution in [0, 0.1) is 0 Å². The average molecular weight is 319 g/mol. The summed E-state index contributed by atoms with van der Waals surface area (Å²) in [4.78, 5) is 16.2. The molecule has 0 saturated heterocycles. The van der Waals surface area contributed by atoms with Crippen molar-refractivity contribution in [1.29, 1.82) is 0 Å². The van der Waals surface area contributed by atoms with Crippen LogP contribution in [-0.2, 0) is 6.42 Å². The smallest absolute Gasteiger partial charge is 0.321 e. The Balaban J connectivity index is 1.81. The minimum atomic E-state index is -0.594. The molecule has 2 atom stereocenters. The first-order valence-electron chi connectivity index (χ1n) is 7.33. The zero-order valence-corrected chi connectivity index (χ0v) is 13.6. The first-order valence-corrected chi connectivity index (χ1v) is 8.21. The Morgan fingerprint density at radius 2 is 2.09 bits per heavy atom. The van der Waals surface area contributed by atoms with E-state index in [4.69, 9.17) is 0 Å². The highest BCUT2D eigenvalue weighted by atomic mass is 32.1. The Bertz CT molecular complexity index is 600. The number of aliphatic hydroxyl groups excluding tert-OH is 1. The van der Waals surface area contributed by atoms with Gasteiger partial charge in [0.15, 0.2) is 5.13 Å². The third-order valence-corrected chi connectivity index (χ3v) is 4.08. The number of nitrogens with zero attached hydrogens (tertiary/aromatic N) is 1. The standard InChI is InChI=1S/C16H21N3O2S/c1-3-13-10-22-16(18-13)19-15(21)17-11(2)9-14(20)12-7-5-4-6-8-12/h4-8,10-11,14,20H,3,9H2,1-2H3,(H2,17,18,19,21). The predicted molar refractivity (Wildman–Crippen MR) is 89.1 cm³/mol. The molecular weight excluding hydrogens is 298 g/mol. The zero-order chi connectivity index (χ0) is 15.9. The molecule has 5 nitrogen and oxygen atoms in total. The van der Waals surface area contributed by atoms with Gasteiger partial charge in [0.2, 0.25) is 0 Å². The van der Waals surface area contributed by atoms with E-state index < -0.39 is 6.10 Å². The number of carbonyl (C=O) groups excluding carboxylic acids is 1. The molecule has 0 bridgehead atoms. The molecular formula is C16H21N3O2S. The second-order valence-electron chi connectivity index (χ2n) is 5.16. The van der Waals surface area contributed by atoms with Crippen molar-refractivity contribution < 1.29 is 9.90 Å². The number of hydrogen-bond acceptors (Lipinski definition) is 4. The number of aromatic nitrogens is 1. The van der Waals surface area contributed by atoms with Crippen molar-refractivity contribution in [2.75, 3.05) is 5.32 Å². The van der Waals surface area contributed by atoms with Crippen molar-refractivity contribution in [3.05, 3.63) is 47.0 Å². The minimum absolute atomic E-state index is 0.152. The quantitative estimate of drug-likeness (QED) is 0.764. The lowest BCUT2D eigenvalue weighted by atomic mass is 10.0. The summed E-state index contributed by atoms with van der Waals surface area (Å²) in [5.41, 5.74) is 1.82. The average Bonchev–Trinajstić information content (AvgIpc) is 2.95. The maximum atomic E-state index is 11.9. The van der Waals surface area contributed by atoms with E-state index >= 15 is 0 Å². The molecule has 22 heavy (non-hydrogen) atoms. The number of hydrogen-bond donors (Lipinski definition) is 3. The predicted octanol–water partition coefficient (Wildman–Crippen LogP) is 3.34. The van der Waals surface area contributed by atoms with E-state index in [1.165, 1.54) is 11.3 Å². The molecule has 3 N–H and O–H groups in total. The number of anilines is 1. The van der Waals surface area contributed by atoms with Gasteiger partial charge < -0.3 is 10.4 Å². The van der Waals surface area contributed by atoms with Crippen molar-refractivity contribution in [1.82, 2.24) is 10.3 Å². The number of rotatable bonds is 6. The van der Waals surface area contributed by atoms with Crippen LogP contribution in [0.2, 0.25) is 0 Å². The molecule has 2 unspecified atom stereocenters. The van der Waals surface area contributed by atoms with E-state index in [2.05, 4.69) is 15.6 Å². The molecule has 0 aliphatic heterocycles. The Hall–Kier alpha value is -1.92. The van der Waals surface area contributed by atoms with Crippen LogP contribution in [0.25, 0.3) is 0 Å². The highest BCUT2D eigenvalue weighted by Gasteiger charge is 2.15. The largest absolute Gasteiger partial charge is 0.388 e. The molecule has 118 valence electrons. The highest BCUT2D eigenvalue weighted by Crippen LogP contribution is 2.18. The van der Waals surface area contributed by atoms with Crippen LogP contribution in [0.4, 0.5) is 9.93 Å². The van der Waals surface area contributed by atoms with E-state index in [1.54, 1.807) is 0 Å². The molecule has 1 aromatic carbocycles. The maximum absolute atomic E-state index is 11.9. The van der Waals surface area contributed by atoms with Gasteiger partial charge in [-0.3, -0.25) is 5.32 Å². The number of urea groups is 1. The van der Waals surface area contributed by atoms with Gasteiger partial charge in [-0.15, -0.1) is 11.3 Å². The van der Waals surface area contributed by atoms with E-state index in [1.807, 2.05) is 49.6 Å². The molecule has 0 saturated carbocycles. The third-order valence-electron chi connectivity index (χ3n) is 3.27. The van der Waals surface area contributed by atoms with Crippen LogP contribution in [0.5, 0.6) is 0 Å². The molecule has 1 aromatic heterocycles. The summed E-state index contributed by atoms with van der Waals surface area (Å²) in [6, 6.07) is 8.97. The van der Waals surface area contributed by atoms with E-state index in [9.17, 15) is 9.90 Å². The van der Waals surface area contributed by atoms with Crippen LogP contribution in [-0.4, -0.2) is 22.2 Å². The fourth-order valence-corrected chi connectivity index (χ4v) is 2.88. The second kappa shape index (κ2) is 7.91. The van der Waals surface area contributed by atoms with Crippen LogP contribution >= 0.6 is 11.3 Å².